The fourth-order valence-corrected chi connectivity index (χ4v) is 2.65. The molecule has 0 aromatic carbocycles. The molecule has 0 aliphatic heterocycles. The van der Waals surface area contributed by atoms with Crippen molar-refractivity contribution in [3.05, 3.63) is 0 Å². The van der Waals surface area contributed by atoms with Gasteiger partial charge in [0.05, 0.1) is 12.9 Å². The molecule has 0 saturated carbocycles. The molecule has 25 heavy (non-hydrogen) atoms. The molecule has 2 N–H and O–H groups in total. The van der Waals surface area contributed by atoms with E-state index in [0.29, 0.717) is 37.4 Å². The average molecular weight is 378 g/mol. The maximum absolute atomic E-state index is 11.9. The van der Waals surface area contributed by atoms with Crippen molar-refractivity contribution >= 4 is 29.5 Å². The average Bonchev–Trinajstić information content (AvgIpc) is 2.54. The highest BCUT2D eigenvalue weighted by atomic mass is 32.2. The number of carbonyl (C=O) groups excluding carboxylic acids is 3. The maximum atomic E-state index is 11.9. The first kappa shape index (κ1) is 23.7. The van der Waals surface area contributed by atoms with Gasteiger partial charge in [-0.2, -0.15) is 11.8 Å². The van der Waals surface area contributed by atoms with Crippen LogP contribution in [0.1, 0.15) is 12.8 Å². The van der Waals surface area contributed by atoms with E-state index in [2.05, 4.69) is 10.6 Å². The number of hydrogen-bond acceptors (Lipinski definition) is 7. The number of hydrogen-bond donors (Lipinski definition) is 2. The Hall–Kier alpha value is -1.32. The van der Waals surface area contributed by atoms with Gasteiger partial charge < -0.3 is 25.2 Å². The van der Waals surface area contributed by atoms with Crippen LogP contribution in [0.3, 0.4) is 0 Å². The van der Waals surface area contributed by atoms with Crippen LogP contribution in [-0.4, -0.2) is 100 Å². The van der Waals surface area contributed by atoms with Crippen molar-refractivity contribution in [3.8, 4) is 0 Å². The van der Waals surface area contributed by atoms with Crippen LogP contribution < -0.4 is 10.6 Å². The molecule has 0 bridgehead atoms. The van der Waals surface area contributed by atoms with E-state index in [1.54, 1.807) is 0 Å². The van der Waals surface area contributed by atoms with E-state index in [0.717, 1.165) is 6.54 Å². The maximum Gasteiger partial charge on any atom is 0.328 e. The van der Waals surface area contributed by atoms with Gasteiger partial charge in [-0.05, 0) is 40.4 Å². The van der Waals surface area contributed by atoms with Crippen molar-refractivity contribution in [2.24, 2.45) is 0 Å². The number of rotatable bonds is 13. The first-order chi connectivity index (χ1) is 11.8. The minimum Gasteiger partial charge on any atom is -0.467 e. The molecule has 0 radical (unpaired) electrons. The molecule has 0 fully saturated rings. The summed E-state index contributed by atoms with van der Waals surface area (Å²) in [5.74, 6) is 0.228. The van der Waals surface area contributed by atoms with Crippen molar-refractivity contribution < 1.29 is 19.1 Å². The second-order valence-corrected chi connectivity index (χ2v) is 7.30. The molecule has 0 aliphatic rings. The topological polar surface area (TPSA) is 91.0 Å². The van der Waals surface area contributed by atoms with Crippen LogP contribution in [-0.2, 0) is 19.1 Å². The standard InChI is InChI=1S/C16H32N4O4S/c1-19(2)9-6-14(21)18-13(16(23)24-5)7-11-25-12-15(22)17-8-10-20(3)4/h13H,6-12H2,1-5H3,(H,17,22)(H,18,21)/t13-/m0/s1/i12+1. The molecule has 146 valence electrons. The zero-order chi connectivity index (χ0) is 19.2. The molecule has 0 spiro atoms. The third kappa shape index (κ3) is 13.6. The summed E-state index contributed by atoms with van der Waals surface area (Å²) in [6.45, 7) is 2.01. The number of nitrogens with one attached hydrogen (secondary N) is 2. The molecule has 0 unspecified atom stereocenters. The predicted octanol–water partition coefficient (Wildman–Crippen LogP) is -0.603. The number of methoxy groups -OCH3 is 1. The molecule has 9 heteroatoms. The first-order valence-electron chi connectivity index (χ1n) is 8.27. The van der Waals surface area contributed by atoms with Gasteiger partial charge in [-0.3, -0.25) is 9.59 Å². The second kappa shape index (κ2) is 13.9. The van der Waals surface area contributed by atoms with Crippen LogP contribution in [0.25, 0.3) is 0 Å². The number of likely N-dealkylation sites (N-methyl/N-ethyl adjacent to an activating group) is 1. The molecule has 0 heterocycles. The van der Waals surface area contributed by atoms with Gasteiger partial charge >= 0.3 is 5.97 Å². The van der Waals surface area contributed by atoms with E-state index in [1.807, 2.05) is 38.0 Å². The van der Waals surface area contributed by atoms with Gasteiger partial charge in [0.15, 0.2) is 0 Å². The van der Waals surface area contributed by atoms with E-state index in [-0.39, 0.29) is 11.8 Å². The van der Waals surface area contributed by atoms with E-state index in [4.69, 9.17) is 4.74 Å². The van der Waals surface area contributed by atoms with E-state index >= 15 is 0 Å². The van der Waals surface area contributed by atoms with Crippen LogP contribution >= 0.6 is 11.8 Å². The van der Waals surface area contributed by atoms with E-state index in [1.165, 1.54) is 18.9 Å². The van der Waals surface area contributed by atoms with E-state index < -0.39 is 12.0 Å². The van der Waals surface area contributed by atoms with Crippen LogP contribution in [0.15, 0.2) is 0 Å². The number of thioether (sulfide) groups is 1. The van der Waals surface area contributed by atoms with Gasteiger partial charge in [-0.25, -0.2) is 4.79 Å². The molecule has 0 rings (SSSR count). The zero-order valence-corrected chi connectivity index (χ0v) is 16.8. The van der Waals surface area contributed by atoms with Crippen LogP contribution in [0.4, 0.5) is 0 Å². The van der Waals surface area contributed by atoms with Gasteiger partial charge in [-0.15, -0.1) is 0 Å². The Morgan fingerprint density at radius 1 is 1.04 bits per heavy atom. The van der Waals surface area contributed by atoms with Crippen LogP contribution in [0, 0.1) is 0 Å². The molecular weight excluding hydrogens is 345 g/mol. The number of esters is 1. The Kier molecular flexibility index (Phi) is 13.2. The molecule has 8 nitrogen and oxygen atoms in total. The molecule has 0 aromatic heterocycles. The van der Waals surface area contributed by atoms with Gasteiger partial charge in [-0.1, -0.05) is 0 Å². The Labute approximate surface area is 155 Å². The van der Waals surface area contributed by atoms with Crippen LogP contribution in [0.5, 0.6) is 0 Å². The minimum atomic E-state index is -0.677. The van der Waals surface area contributed by atoms with Crippen molar-refractivity contribution in [3.63, 3.8) is 0 Å². The summed E-state index contributed by atoms with van der Waals surface area (Å²) >= 11 is 1.43. The van der Waals surface area contributed by atoms with Crippen molar-refractivity contribution in [2.75, 3.05) is 66.4 Å². The third-order valence-corrected chi connectivity index (χ3v) is 4.26. The molecule has 0 saturated heterocycles. The molecule has 0 aromatic rings. The van der Waals surface area contributed by atoms with Gasteiger partial charge in [0, 0.05) is 26.1 Å². The Morgan fingerprint density at radius 3 is 2.24 bits per heavy atom. The van der Waals surface area contributed by atoms with Crippen molar-refractivity contribution in [1.29, 1.82) is 0 Å². The number of amides is 2. The summed E-state index contributed by atoms with van der Waals surface area (Å²) in [6, 6.07) is -0.677. The van der Waals surface area contributed by atoms with Gasteiger partial charge in [0.2, 0.25) is 11.8 Å². The van der Waals surface area contributed by atoms with Gasteiger partial charge in [0.25, 0.3) is 0 Å². The highest BCUT2D eigenvalue weighted by Crippen LogP contribution is 2.06. The van der Waals surface area contributed by atoms with Crippen LogP contribution in [0.2, 0.25) is 0 Å². The highest BCUT2D eigenvalue weighted by molar-refractivity contribution is 7.99. The molecule has 2 amide bonds. The number of ether oxygens (including phenoxy) is 1. The quantitative estimate of drug-likeness (QED) is 0.252. The largest absolute Gasteiger partial charge is 0.467 e. The summed E-state index contributed by atoms with van der Waals surface area (Å²) in [4.78, 5) is 39.2. The van der Waals surface area contributed by atoms with Crippen molar-refractivity contribution in [2.45, 2.75) is 18.9 Å². The van der Waals surface area contributed by atoms with Crippen molar-refractivity contribution in [1.82, 2.24) is 20.4 Å². The second-order valence-electron chi connectivity index (χ2n) is 6.19. The summed E-state index contributed by atoms with van der Waals surface area (Å²) < 4.78 is 4.74. The Bertz CT molecular complexity index is 419. The lowest BCUT2D eigenvalue weighted by atomic mass is 10.2. The zero-order valence-electron chi connectivity index (χ0n) is 16.0. The lowest BCUT2D eigenvalue weighted by molar-refractivity contribution is -0.145. The number of carbonyl (C=O) groups is 3. The summed E-state index contributed by atoms with van der Waals surface area (Å²) in [6.07, 6.45) is 0.748. The SMILES string of the molecule is COC(=O)[C@H](CCS[13CH2]C(=O)NCCN(C)C)NC(=O)CCN(C)C. The normalized spacial score (nSPS) is 12.1. The lowest BCUT2D eigenvalue weighted by Gasteiger charge is -2.17. The van der Waals surface area contributed by atoms with Gasteiger partial charge in [0.1, 0.15) is 6.04 Å². The minimum absolute atomic E-state index is 0.0310. The van der Waals surface area contributed by atoms with E-state index in [9.17, 15) is 14.4 Å². The number of nitrogens with zero attached hydrogens (tertiary/aromatic N) is 2. The smallest absolute Gasteiger partial charge is 0.328 e. The Balaban J connectivity index is 4.09. The molecule has 0 aliphatic carbocycles. The fourth-order valence-electron chi connectivity index (χ4n) is 1.82. The first-order valence-corrected chi connectivity index (χ1v) is 9.42. The molecule has 1 atom stereocenters. The monoisotopic (exact) mass is 377 g/mol. The predicted molar refractivity (Wildman–Crippen MR) is 101 cm³/mol. The summed E-state index contributed by atoms with van der Waals surface area (Å²) in [5.41, 5.74) is 0. The Morgan fingerprint density at radius 2 is 1.68 bits per heavy atom. The lowest BCUT2D eigenvalue weighted by Crippen LogP contribution is -2.42. The molecular formula is C16H32N4O4S. The highest BCUT2D eigenvalue weighted by Gasteiger charge is 2.21. The summed E-state index contributed by atoms with van der Waals surface area (Å²) in [7, 11) is 8.95. The fraction of sp³-hybridized carbons (Fsp3) is 0.812. The third-order valence-electron chi connectivity index (χ3n) is 3.27. The summed E-state index contributed by atoms with van der Waals surface area (Å²) in [5, 5.41) is 5.53.